The molecule has 1 atom stereocenters. The van der Waals surface area contributed by atoms with E-state index in [1.807, 2.05) is 45.0 Å². The molecule has 3 rings (SSSR count). The van der Waals surface area contributed by atoms with Crippen LogP contribution < -0.4 is 0 Å². The van der Waals surface area contributed by atoms with E-state index in [0.717, 1.165) is 36.0 Å². The number of aromatic hydroxyl groups is 3. The van der Waals surface area contributed by atoms with Gasteiger partial charge in [0.25, 0.3) is 0 Å². The van der Waals surface area contributed by atoms with Crippen LogP contribution in [0.1, 0.15) is 79.3 Å². The Morgan fingerprint density at radius 3 is 1.47 bits per heavy atom. The number of para-hydroxylation sites is 3. The minimum Gasteiger partial charge on any atom is -0.507 e. The monoisotopic (exact) mass is 491 g/mol. The van der Waals surface area contributed by atoms with Gasteiger partial charge < -0.3 is 15.3 Å². The van der Waals surface area contributed by atoms with Crippen molar-refractivity contribution in [3.8, 4) is 17.2 Å². The molecular formula is C30H37NO5. The summed E-state index contributed by atoms with van der Waals surface area (Å²) in [5.74, 6) is -0.776. The normalized spacial score (nSPS) is 12.1. The summed E-state index contributed by atoms with van der Waals surface area (Å²) in [6.07, 6.45) is 4.37. The van der Waals surface area contributed by atoms with E-state index in [-0.39, 0.29) is 28.6 Å². The molecule has 1 unspecified atom stereocenters. The van der Waals surface area contributed by atoms with E-state index in [2.05, 4.69) is 0 Å². The predicted octanol–water partition coefficient (Wildman–Crippen LogP) is 6.68. The molecule has 36 heavy (non-hydrogen) atoms. The highest BCUT2D eigenvalue weighted by atomic mass is 16.6. The Morgan fingerprint density at radius 1 is 0.667 bits per heavy atom. The third-order valence-corrected chi connectivity index (χ3v) is 6.82. The van der Waals surface area contributed by atoms with Gasteiger partial charge in [0, 0.05) is 28.0 Å². The molecular weight excluding hydrogens is 454 g/mol. The maximum atomic E-state index is 12.6. The van der Waals surface area contributed by atoms with Gasteiger partial charge in [0.1, 0.15) is 17.2 Å². The lowest BCUT2D eigenvalue weighted by Gasteiger charge is -2.25. The van der Waals surface area contributed by atoms with Gasteiger partial charge in [-0.3, -0.25) is 10.1 Å². The number of nitro groups is 1. The van der Waals surface area contributed by atoms with Gasteiger partial charge in [-0.25, -0.2) is 0 Å². The van der Waals surface area contributed by atoms with Crippen molar-refractivity contribution in [2.75, 3.05) is 0 Å². The van der Waals surface area contributed by atoms with Crippen molar-refractivity contribution in [1.29, 1.82) is 0 Å². The third-order valence-electron chi connectivity index (χ3n) is 6.82. The average molecular weight is 492 g/mol. The van der Waals surface area contributed by atoms with Gasteiger partial charge in [-0.1, -0.05) is 94.6 Å². The molecule has 3 aromatic rings. The molecule has 0 heterocycles. The molecule has 192 valence electrons. The molecule has 6 nitrogen and oxygen atoms in total. The fourth-order valence-corrected chi connectivity index (χ4v) is 5.07. The van der Waals surface area contributed by atoms with E-state index in [0.29, 0.717) is 36.0 Å². The largest absolute Gasteiger partial charge is 0.507 e. The zero-order chi connectivity index (χ0) is 26.2. The highest BCUT2D eigenvalue weighted by Gasteiger charge is 2.39. The molecule has 0 saturated heterocycles. The van der Waals surface area contributed by atoms with E-state index < -0.39 is 12.0 Å². The standard InChI is InChI=1S/C30H37NO5/c1-4-10-20-13-7-16-23(28(20)32)19-26(31(35)36)27(24-17-8-14-21(11-5-2)29(24)33)25-18-9-15-22(12-6-3)30(25)34/h7-9,13-18,26-27,32-34H,4-6,10-12,19H2,1-3H3. The SMILES string of the molecule is CCCc1cccc(CC(C(c2cccc(CCC)c2O)c2cccc(CCC)c2O)[N+](=O)[O-])c1O. The number of hydrogen-bond donors (Lipinski definition) is 3. The predicted molar refractivity (Wildman–Crippen MR) is 143 cm³/mol. The van der Waals surface area contributed by atoms with Gasteiger partial charge >= 0.3 is 0 Å². The van der Waals surface area contributed by atoms with Gasteiger partial charge in [0.2, 0.25) is 6.04 Å². The van der Waals surface area contributed by atoms with E-state index in [4.69, 9.17) is 0 Å². The first-order valence-corrected chi connectivity index (χ1v) is 12.9. The molecule has 6 heteroatoms. The van der Waals surface area contributed by atoms with Crippen LogP contribution in [0.25, 0.3) is 0 Å². The summed E-state index contributed by atoms with van der Waals surface area (Å²) < 4.78 is 0. The number of phenols is 3. The molecule has 0 fully saturated rings. The molecule has 0 aromatic heterocycles. The van der Waals surface area contributed by atoms with Gasteiger partial charge in [-0.05, 0) is 36.0 Å². The minimum atomic E-state index is -1.22. The lowest BCUT2D eigenvalue weighted by molar-refractivity contribution is -0.524. The topological polar surface area (TPSA) is 104 Å². The summed E-state index contributed by atoms with van der Waals surface area (Å²) in [7, 11) is 0. The van der Waals surface area contributed by atoms with Crippen molar-refractivity contribution in [2.24, 2.45) is 0 Å². The maximum Gasteiger partial charge on any atom is 0.228 e. The lowest BCUT2D eigenvalue weighted by atomic mass is 9.79. The van der Waals surface area contributed by atoms with Gasteiger partial charge in [0.05, 0.1) is 5.92 Å². The molecule has 0 amide bonds. The van der Waals surface area contributed by atoms with Crippen LogP contribution in [0.4, 0.5) is 0 Å². The van der Waals surface area contributed by atoms with Crippen LogP contribution in [-0.4, -0.2) is 26.3 Å². The summed E-state index contributed by atoms with van der Waals surface area (Å²) in [5, 5.41) is 46.0. The smallest absolute Gasteiger partial charge is 0.228 e. The summed E-state index contributed by atoms with van der Waals surface area (Å²) in [4.78, 5) is 12.3. The third kappa shape index (κ3) is 5.81. The minimum absolute atomic E-state index is 0.0282. The Balaban J connectivity index is 2.22. The van der Waals surface area contributed by atoms with Crippen molar-refractivity contribution in [3.05, 3.63) is 98.1 Å². The van der Waals surface area contributed by atoms with E-state index >= 15 is 0 Å². The number of nitrogens with zero attached hydrogens (tertiary/aromatic N) is 1. The fourth-order valence-electron chi connectivity index (χ4n) is 5.07. The second-order valence-corrected chi connectivity index (χ2v) is 9.42. The zero-order valence-electron chi connectivity index (χ0n) is 21.4. The molecule has 0 aliphatic heterocycles. The molecule has 0 bridgehead atoms. The van der Waals surface area contributed by atoms with E-state index in [1.165, 1.54) is 0 Å². The van der Waals surface area contributed by atoms with Crippen LogP contribution in [0.15, 0.2) is 54.6 Å². The Morgan fingerprint density at radius 2 is 1.06 bits per heavy atom. The number of phenolic OH excluding ortho intramolecular Hbond substituents is 3. The number of aryl methyl sites for hydroxylation is 3. The van der Waals surface area contributed by atoms with Crippen molar-refractivity contribution >= 4 is 0 Å². The first-order chi connectivity index (χ1) is 17.3. The second-order valence-electron chi connectivity index (χ2n) is 9.42. The first-order valence-electron chi connectivity index (χ1n) is 12.9. The molecule has 0 radical (unpaired) electrons. The number of rotatable bonds is 12. The summed E-state index contributed by atoms with van der Waals surface area (Å²) in [5.41, 5.74) is 3.51. The highest BCUT2D eigenvalue weighted by molar-refractivity contribution is 5.53. The van der Waals surface area contributed by atoms with Crippen LogP contribution >= 0.6 is 0 Å². The van der Waals surface area contributed by atoms with Crippen LogP contribution in [0.5, 0.6) is 17.2 Å². The number of benzene rings is 3. The van der Waals surface area contributed by atoms with Crippen LogP contribution in [0, 0.1) is 10.1 Å². The number of hydrogen-bond acceptors (Lipinski definition) is 5. The fraction of sp³-hybridized carbons (Fsp3) is 0.400. The lowest BCUT2D eigenvalue weighted by Crippen LogP contribution is -2.31. The maximum absolute atomic E-state index is 12.6. The Bertz CT molecular complexity index is 1130. The summed E-state index contributed by atoms with van der Waals surface area (Å²) in [6, 6.07) is 14.8. The van der Waals surface area contributed by atoms with Gasteiger partial charge in [0.15, 0.2) is 0 Å². The molecule has 0 spiro atoms. The molecule has 0 aliphatic carbocycles. The Hall–Kier alpha value is -3.54. The summed E-state index contributed by atoms with van der Waals surface area (Å²) in [6.45, 7) is 6.03. The second kappa shape index (κ2) is 12.4. The van der Waals surface area contributed by atoms with Crippen molar-refractivity contribution in [2.45, 2.75) is 77.7 Å². The average Bonchev–Trinajstić information content (AvgIpc) is 2.85. The van der Waals surface area contributed by atoms with Crippen LogP contribution in [0.3, 0.4) is 0 Å². The van der Waals surface area contributed by atoms with E-state index in [1.54, 1.807) is 30.3 Å². The molecule has 0 aliphatic rings. The quantitative estimate of drug-likeness (QED) is 0.194. The van der Waals surface area contributed by atoms with Gasteiger partial charge in [-0.15, -0.1) is 0 Å². The molecule has 0 saturated carbocycles. The van der Waals surface area contributed by atoms with Gasteiger partial charge in [-0.2, -0.15) is 0 Å². The first kappa shape index (κ1) is 27.1. The highest BCUT2D eigenvalue weighted by Crippen LogP contribution is 2.43. The Labute approximate surface area is 213 Å². The zero-order valence-corrected chi connectivity index (χ0v) is 21.4. The van der Waals surface area contributed by atoms with Crippen LogP contribution in [0.2, 0.25) is 0 Å². The van der Waals surface area contributed by atoms with Crippen molar-refractivity contribution in [3.63, 3.8) is 0 Å². The van der Waals surface area contributed by atoms with E-state index in [9.17, 15) is 25.4 Å². The Kier molecular flexibility index (Phi) is 9.34. The van der Waals surface area contributed by atoms with Crippen molar-refractivity contribution in [1.82, 2.24) is 0 Å². The van der Waals surface area contributed by atoms with Crippen LogP contribution in [-0.2, 0) is 25.7 Å². The molecule has 3 aromatic carbocycles. The molecule has 3 N–H and O–H groups in total. The summed E-state index contributed by atoms with van der Waals surface area (Å²) >= 11 is 0. The van der Waals surface area contributed by atoms with Crippen molar-refractivity contribution < 1.29 is 20.2 Å².